The quantitative estimate of drug-likeness (QED) is 0.805. The molecule has 1 amide bonds. The summed E-state index contributed by atoms with van der Waals surface area (Å²) in [6, 6.07) is 10.9. The molecule has 5 heteroatoms. The lowest BCUT2D eigenvalue weighted by atomic mass is 10.2. The second-order valence-corrected chi connectivity index (χ2v) is 4.39. The Labute approximate surface area is 112 Å². The number of anilines is 2. The summed E-state index contributed by atoms with van der Waals surface area (Å²) in [5.41, 5.74) is 6.96. The van der Waals surface area contributed by atoms with E-state index in [1.54, 1.807) is 18.4 Å². The van der Waals surface area contributed by atoms with Crippen molar-refractivity contribution in [3.8, 4) is 0 Å². The van der Waals surface area contributed by atoms with Gasteiger partial charge in [0.2, 0.25) is 5.91 Å². The molecule has 0 aliphatic carbocycles. The van der Waals surface area contributed by atoms with E-state index in [2.05, 4.69) is 5.32 Å². The highest BCUT2D eigenvalue weighted by Gasteiger charge is 2.09. The van der Waals surface area contributed by atoms with E-state index >= 15 is 0 Å². The summed E-state index contributed by atoms with van der Waals surface area (Å²) in [6.45, 7) is 0.861. The minimum absolute atomic E-state index is 0.105. The third-order valence-electron chi connectivity index (χ3n) is 2.65. The van der Waals surface area contributed by atoms with Crippen LogP contribution in [-0.2, 0) is 11.3 Å². The number of carbonyl (C=O) groups is 1. The largest absolute Gasteiger partial charge is 0.468 e. The fraction of sp³-hybridized carbons (Fsp3) is 0.214. The standard InChI is InChI=1S/C14H17N3O2/c1-17(9-11-5-4-8-19-11)10-14(18)16-13-7-3-2-6-12(13)15/h2-8H,9-10,15H2,1H3,(H,16,18). The van der Waals surface area contributed by atoms with Crippen molar-refractivity contribution in [1.82, 2.24) is 4.90 Å². The maximum atomic E-state index is 11.9. The average molecular weight is 259 g/mol. The molecule has 2 aromatic rings. The van der Waals surface area contributed by atoms with Crippen LogP contribution < -0.4 is 11.1 Å². The summed E-state index contributed by atoms with van der Waals surface area (Å²) in [7, 11) is 1.86. The topological polar surface area (TPSA) is 71.5 Å². The Morgan fingerprint density at radius 1 is 1.32 bits per heavy atom. The molecular formula is C14H17N3O2. The van der Waals surface area contributed by atoms with Gasteiger partial charge in [0.15, 0.2) is 0 Å². The maximum absolute atomic E-state index is 11.9. The number of nitrogen functional groups attached to an aromatic ring is 1. The smallest absolute Gasteiger partial charge is 0.238 e. The summed E-state index contributed by atoms with van der Waals surface area (Å²) in [5.74, 6) is 0.724. The molecule has 0 fully saturated rings. The number of hydrogen-bond donors (Lipinski definition) is 2. The molecule has 0 saturated heterocycles. The molecule has 5 nitrogen and oxygen atoms in total. The van der Waals surface area contributed by atoms with Gasteiger partial charge in [0.1, 0.15) is 5.76 Å². The SMILES string of the molecule is CN(CC(=O)Nc1ccccc1N)Cc1ccco1. The fourth-order valence-corrected chi connectivity index (χ4v) is 1.77. The Morgan fingerprint density at radius 3 is 2.79 bits per heavy atom. The predicted octanol–water partition coefficient (Wildman–Crippen LogP) is 1.93. The summed E-state index contributed by atoms with van der Waals surface area (Å²) in [5, 5.41) is 2.78. The van der Waals surface area contributed by atoms with Crippen LogP contribution >= 0.6 is 0 Å². The Morgan fingerprint density at radius 2 is 2.11 bits per heavy atom. The van der Waals surface area contributed by atoms with Gasteiger partial charge in [-0.3, -0.25) is 9.69 Å². The molecule has 1 aromatic heterocycles. The molecule has 0 radical (unpaired) electrons. The molecule has 0 saturated carbocycles. The molecule has 0 aliphatic rings. The zero-order valence-corrected chi connectivity index (χ0v) is 10.8. The van der Waals surface area contributed by atoms with E-state index in [1.807, 2.05) is 36.2 Å². The van der Waals surface area contributed by atoms with Crippen LogP contribution in [0.4, 0.5) is 11.4 Å². The van der Waals surface area contributed by atoms with E-state index in [0.29, 0.717) is 17.9 Å². The van der Waals surface area contributed by atoms with Gasteiger partial charge in [-0.15, -0.1) is 0 Å². The van der Waals surface area contributed by atoms with Gasteiger partial charge in [-0.1, -0.05) is 12.1 Å². The molecule has 1 heterocycles. The van der Waals surface area contributed by atoms with Crippen molar-refractivity contribution in [2.24, 2.45) is 0 Å². The van der Waals surface area contributed by atoms with Gasteiger partial charge in [-0.25, -0.2) is 0 Å². The lowest BCUT2D eigenvalue weighted by molar-refractivity contribution is -0.117. The second kappa shape index (κ2) is 6.06. The van der Waals surface area contributed by atoms with E-state index in [4.69, 9.17) is 10.2 Å². The summed E-state index contributed by atoms with van der Waals surface area (Å²) in [6.07, 6.45) is 1.62. The van der Waals surface area contributed by atoms with E-state index in [9.17, 15) is 4.79 Å². The molecule has 0 aliphatic heterocycles. The van der Waals surface area contributed by atoms with Gasteiger partial charge >= 0.3 is 0 Å². The average Bonchev–Trinajstić information content (AvgIpc) is 2.84. The monoisotopic (exact) mass is 259 g/mol. The zero-order valence-electron chi connectivity index (χ0n) is 10.8. The van der Waals surface area contributed by atoms with Crippen molar-refractivity contribution in [1.29, 1.82) is 0 Å². The highest BCUT2D eigenvalue weighted by Crippen LogP contribution is 2.16. The third kappa shape index (κ3) is 3.86. The van der Waals surface area contributed by atoms with Crippen molar-refractivity contribution in [3.05, 3.63) is 48.4 Å². The number of carbonyl (C=O) groups excluding carboxylic acids is 1. The van der Waals surface area contributed by atoms with Gasteiger partial charge in [-0.05, 0) is 31.3 Å². The number of amides is 1. The van der Waals surface area contributed by atoms with Gasteiger partial charge in [0, 0.05) is 0 Å². The molecule has 0 unspecified atom stereocenters. The second-order valence-electron chi connectivity index (χ2n) is 4.39. The maximum Gasteiger partial charge on any atom is 0.238 e. The first kappa shape index (κ1) is 13.2. The van der Waals surface area contributed by atoms with Crippen LogP contribution in [-0.4, -0.2) is 24.4 Å². The van der Waals surface area contributed by atoms with Crippen LogP contribution in [0.2, 0.25) is 0 Å². The normalized spacial score (nSPS) is 10.6. The van der Waals surface area contributed by atoms with E-state index < -0.39 is 0 Å². The summed E-state index contributed by atoms with van der Waals surface area (Å²) >= 11 is 0. The Balaban J connectivity index is 1.86. The number of para-hydroxylation sites is 2. The molecule has 0 bridgehead atoms. The molecule has 3 N–H and O–H groups in total. The number of hydrogen-bond acceptors (Lipinski definition) is 4. The van der Waals surface area contributed by atoms with Crippen molar-refractivity contribution >= 4 is 17.3 Å². The predicted molar refractivity (Wildman–Crippen MR) is 74.5 cm³/mol. The minimum Gasteiger partial charge on any atom is -0.468 e. The first-order valence-corrected chi connectivity index (χ1v) is 6.00. The number of rotatable bonds is 5. The van der Waals surface area contributed by atoms with Gasteiger partial charge in [0.05, 0.1) is 30.7 Å². The number of nitrogens with one attached hydrogen (secondary N) is 1. The summed E-state index contributed by atoms with van der Waals surface area (Å²) in [4.78, 5) is 13.7. The molecule has 100 valence electrons. The van der Waals surface area contributed by atoms with Crippen LogP contribution in [0, 0.1) is 0 Å². The fourth-order valence-electron chi connectivity index (χ4n) is 1.77. The molecule has 19 heavy (non-hydrogen) atoms. The van der Waals surface area contributed by atoms with E-state index in [-0.39, 0.29) is 12.5 Å². The third-order valence-corrected chi connectivity index (χ3v) is 2.65. The first-order chi connectivity index (χ1) is 9.15. The number of likely N-dealkylation sites (N-methyl/N-ethyl adjacent to an activating group) is 1. The van der Waals surface area contributed by atoms with Crippen molar-refractivity contribution < 1.29 is 9.21 Å². The van der Waals surface area contributed by atoms with Gasteiger partial charge in [0.25, 0.3) is 0 Å². The van der Waals surface area contributed by atoms with Crippen molar-refractivity contribution in [2.45, 2.75) is 6.54 Å². The minimum atomic E-state index is -0.105. The molecule has 2 rings (SSSR count). The van der Waals surface area contributed by atoms with Crippen LogP contribution in [0.3, 0.4) is 0 Å². The van der Waals surface area contributed by atoms with Crippen LogP contribution in [0.15, 0.2) is 47.1 Å². The van der Waals surface area contributed by atoms with Crippen LogP contribution in [0.5, 0.6) is 0 Å². The highest BCUT2D eigenvalue weighted by molar-refractivity contribution is 5.95. The molecule has 0 atom stereocenters. The molecule has 1 aromatic carbocycles. The highest BCUT2D eigenvalue weighted by atomic mass is 16.3. The van der Waals surface area contributed by atoms with Crippen molar-refractivity contribution in [2.75, 3.05) is 24.6 Å². The first-order valence-electron chi connectivity index (χ1n) is 6.00. The number of benzene rings is 1. The lowest BCUT2D eigenvalue weighted by Gasteiger charge is -2.15. The molecule has 0 spiro atoms. The van der Waals surface area contributed by atoms with E-state index in [1.165, 1.54) is 0 Å². The molecular weight excluding hydrogens is 242 g/mol. The summed E-state index contributed by atoms with van der Waals surface area (Å²) < 4.78 is 5.23. The Bertz CT molecular complexity index is 537. The van der Waals surface area contributed by atoms with Gasteiger partial charge < -0.3 is 15.5 Å². The van der Waals surface area contributed by atoms with Crippen LogP contribution in [0.1, 0.15) is 5.76 Å². The van der Waals surface area contributed by atoms with Crippen molar-refractivity contribution in [3.63, 3.8) is 0 Å². The zero-order chi connectivity index (χ0) is 13.7. The van der Waals surface area contributed by atoms with Crippen LogP contribution in [0.25, 0.3) is 0 Å². The van der Waals surface area contributed by atoms with E-state index in [0.717, 1.165) is 5.76 Å². The number of nitrogens with two attached hydrogens (primary N) is 1. The van der Waals surface area contributed by atoms with Gasteiger partial charge in [-0.2, -0.15) is 0 Å². The number of furan rings is 1. The number of nitrogens with zero attached hydrogens (tertiary/aromatic N) is 1. The lowest BCUT2D eigenvalue weighted by Crippen LogP contribution is -2.29. The Hall–Kier alpha value is -2.27. The Kier molecular flexibility index (Phi) is 4.20.